The maximum absolute atomic E-state index is 2.54. The zero-order valence-corrected chi connectivity index (χ0v) is 10.3. The van der Waals surface area contributed by atoms with E-state index in [1.807, 2.05) is 0 Å². The van der Waals surface area contributed by atoms with E-state index in [-0.39, 0.29) is 0 Å². The quantitative estimate of drug-likeness (QED) is 0.593. The lowest BCUT2D eigenvalue weighted by molar-refractivity contribution is 0.124. The van der Waals surface area contributed by atoms with E-state index in [0.29, 0.717) is 0 Å². The molecule has 0 nitrogen and oxygen atoms in total. The molecule has 2 bridgehead atoms. The molecule has 84 valence electrons. The summed E-state index contributed by atoms with van der Waals surface area (Å²) in [6, 6.07) is 0. The van der Waals surface area contributed by atoms with Crippen LogP contribution in [0.2, 0.25) is 0 Å². The van der Waals surface area contributed by atoms with Crippen LogP contribution in [0, 0.1) is 41.4 Å². The predicted octanol–water partition coefficient (Wildman–Crippen LogP) is 4.13. The van der Waals surface area contributed by atoms with Crippen LogP contribution in [-0.2, 0) is 0 Å². The van der Waals surface area contributed by atoms with Gasteiger partial charge >= 0.3 is 0 Å². The molecular formula is C15H24. The summed E-state index contributed by atoms with van der Waals surface area (Å²) in [5.41, 5.74) is 0. The Morgan fingerprint density at radius 3 is 2.73 bits per heavy atom. The van der Waals surface area contributed by atoms with E-state index >= 15 is 0 Å². The Labute approximate surface area is 94.1 Å². The lowest BCUT2D eigenvalue weighted by atomic mass is 9.68. The molecule has 0 aromatic rings. The fourth-order valence-electron chi connectivity index (χ4n) is 4.96. The van der Waals surface area contributed by atoms with Crippen LogP contribution in [0.5, 0.6) is 0 Å². The van der Waals surface area contributed by atoms with Crippen LogP contribution in [-0.4, -0.2) is 0 Å². The normalized spacial score (nSPS) is 51.7. The molecule has 0 aromatic carbocycles. The zero-order chi connectivity index (χ0) is 10.6. The molecule has 0 aromatic heterocycles. The molecule has 3 aliphatic rings. The number of fused-ring (bicyclic) bond motifs is 5. The summed E-state index contributed by atoms with van der Waals surface area (Å²) in [5.74, 6) is 7.10. The van der Waals surface area contributed by atoms with Crippen molar-refractivity contribution in [2.24, 2.45) is 41.4 Å². The minimum Gasteiger partial charge on any atom is -0.0879 e. The van der Waals surface area contributed by atoms with Gasteiger partial charge in [0.25, 0.3) is 0 Å². The second-order valence-electron chi connectivity index (χ2n) is 6.62. The summed E-state index contributed by atoms with van der Waals surface area (Å²) in [7, 11) is 0. The summed E-state index contributed by atoms with van der Waals surface area (Å²) in [5, 5.41) is 0. The molecule has 3 aliphatic carbocycles. The van der Waals surface area contributed by atoms with Gasteiger partial charge in [-0.15, -0.1) is 0 Å². The van der Waals surface area contributed by atoms with E-state index in [2.05, 4.69) is 32.9 Å². The Balaban J connectivity index is 1.79. The fourth-order valence-corrected chi connectivity index (χ4v) is 4.96. The van der Waals surface area contributed by atoms with Crippen molar-refractivity contribution in [1.82, 2.24) is 0 Å². The lowest BCUT2D eigenvalue weighted by Gasteiger charge is -2.37. The number of hydrogen-bond acceptors (Lipinski definition) is 0. The van der Waals surface area contributed by atoms with Gasteiger partial charge in [0.15, 0.2) is 0 Å². The average Bonchev–Trinajstić information content (AvgIpc) is 2.77. The van der Waals surface area contributed by atoms with Crippen molar-refractivity contribution in [2.45, 2.75) is 40.0 Å². The summed E-state index contributed by atoms with van der Waals surface area (Å²) in [4.78, 5) is 0. The van der Waals surface area contributed by atoms with Gasteiger partial charge in [0, 0.05) is 0 Å². The highest BCUT2D eigenvalue weighted by Gasteiger charge is 2.55. The molecule has 15 heavy (non-hydrogen) atoms. The minimum absolute atomic E-state index is 0.893. The third-order valence-electron chi connectivity index (χ3n) is 5.49. The van der Waals surface area contributed by atoms with Crippen molar-refractivity contribution in [1.29, 1.82) is 0 Å². The Morgan fingerprint density at radius 2 is 2.00 bits per heavy atom. The summed E-state index contributed by atoms with van der Waals surface area (Å²) in [6.07, 6.45) is 9.42. The van der Waals surface area contributed by atoms with Crippen molar-refractivity contribution in [2.75, 3.05) is 0 Å². The molecular weight excluding hydrogens is 180 g/mol. The van der Waals surface area contributed by atoms with Crippen LogP contribution < -0.4 is 0 Å². The molecule has 2 saturated carbocycles. The Morgan fingerprint density at radius 1 is 1.20 bits per heavy atom. The second-order valence-corrected chi connectivity index (χ2v) is 6.62. The topological polar surface area (TPSA) is 0 Å². The lowest BCUT2D eigenvalue weighted by Crippen LogP contribution is -2.31. The molecule has 0 amide bonds. The third-order valence-corrected chi connectivity index (χ3v) is 5.49. The second kappa shape index (κ2) is 3.37. The zero-order valence-electron chi connectivity index (χ0n) is 10.3. The molecule has 0 radical (unpaired) electrons. The minimum atomic E-state index is 0.893. The van der Waals surface area contributed by atoms with Gasteiger partial charge < -0.3 is 0 Å². The van der Waals surface area contributed by atoms with E-state index in [1.165, 1.54) is 12.8 Å². The highest BCUT2D eigenvalue weighted by atomic mass is 14.6. The third kappa shape index (κ3) is 1.33. The largest absolute Gasteiger partial charge is 0.0879 e. The molecule has 3 rings (SSSR count). The Bertz CT molecular complexity index is 276. The van der Waals surface area contributed by atoms with Crippen LogP contribution >= 0.6 is 0 Å². The van der Waals surface area contributed by atoms with Crippen LogP contribution in [0.3, 0.4) is 0 Å². The van der Waals surface area contributed by atoms with E-state index < -0.39 is 0 Å². The van der Waals surface area contributed by atoms with Crippen molar-refractivity contribution >= 4 is 0 Å². The van der Waals surface area contributed by atoms with E-state index in [4.69, 9.17) is 0 Å². The Kier molecular flexibility index (Phi) is 2.23. The smallest absolute Gasteiger partial charge is 0.0168 e. The first-order chi connectivity index (χ1) is 7.18. The van der Waals surface area contributed by atoms with Crippen LogP contribution in [0.1, 0.15) is 40.0 Å². The first-order valence-corrected chi connectivity index (χ1v) is 6.85. The molecule has 6 atom stereocenters. The molecule has 0 spiro atoms. The Hall–Kier alpha value is -0.260. The summed E-state index contributed by atoms with van der Waals surface area (Å²) >= 11 is 0. The van der Waals surface area contributed by atoms with Gasteiger partial charge in [0.2, 0.25) is 0 Å². The summed E-state index contributed by atoms with van der Waals surface area (Å²) < 4.78 is 0. The standard InChI is InChI=1S/C15H24/c1-9(2)7-13-10(3)14-8-15(13)12-6-4-5-11(12)14/h4-5,9-15H,6-8H2,1-3H3. The van der Waals surface area contributed by atoms with Gasteiger partial charge in [0.1, 0.15) is 0 Å². The average molecular weight is 204 g/mol. The SMILES string of the molecule is CC(C)CC1C(C)C2CC1C1CC=CC21. The molecule has 0 aliphatic heterocycles. The van der Waals surface area contributed by atoms with Gasteiger partial charge in [-0.1, -0.05) is 32.9 Å². The van der Waals surface area contributed by atoms with Crippen molar-refractivity contribution < 1.29 is 0 Å². The number of allylic oxidation sites excluding steroid dienone is 2. The highest BCUT2D eigenvalue weighted by Crippen LogP contribution is 2.62. The van der Waals surface area contributed by atoms with Gasteiger partial charge in [-0.25, -0.2) is 0 Å². The van der Waals surface area contributed by atoms with Crippen LogP contribution in [0.15, 0.2) is 12.2 Å². The summed E-state index contributed by atoms with van der Waals surface area (Å²) in [6.45, 7) is 7.31. The van der Waals surface area contributed by atoms with Crippen molar-refractivity contribution in [3.8, 4) is 0 Å². The maximum atomic E-state index is 2.54. The predicted molar refractivity (Wildman–Crippen MR) is 64.4 cm³/mol. The van der Waals surface area contributed by atoms with Gasteiger partial charge in [0.05, 0.1) is 0 Å². The fraction of sp³-hybridized carbons (Fsp3) is 0.867. The van der Waals surface area contributed by atoms with Crippen LogP contribution in [0.4, 0.5) is 0 Å². The van der Waals surface area contributed by atoms with E-state index in [9.17, 15) is 0 Å². The molecule has 0 N–H and O–H groups in total. The van der Waals surface area contributed by atoms with E-state index in [0.717, 1.165) is 41.4 Å². The first kappa shape index (κ1) is 9.93. The molecule has 0 heterocycles. The van der Waals surface area contributed by atoms with Gasteiger partial charge in [-0.2, -0.15) is 0 Å². The molecule has 2 fully saturated rings. The number of hydrogen-bond donors (Lipinski definition) is 0. The van der Waals surface area contributed by atoms with Gasteiger partial charge in [-0.3, -0.25) is 0 Å². The van der Waals surface area contributed by atoms with Gasteiger partial charge in [-0.05, 0) is 60.7 Å². The maximum Gasteiger partial charge on any atom is -0.0168 e. The van der Waals surface area contributed by atoms with Crippen LogP contribution in [0.25, 0.3) is 0 Å². The monoisotopic (exact) mass is 204 g/mol. The first-order valence-electron chi connectivity index (χ1n) is 6.85. The van der Waals surface area contributed by atoms with Crippen molar-refractivity contribution in [3.63, 3.8) is 0 Å². The number of rotatable bonds is 2. The molecule has 6 unspecified atom stereocenters. The molecule has 0 heteroatoms. The van der Waals surface area contributed by atoms with E-state index in [1.54, 1.807) is 6.42 Å². The highest BCUT2D eigenvalue weighted by molar-refractivity contribution is 5.15. The van der Waals surface area contributed by atoms with Crippen molar-refractivity contribution in [3.05, 3.63) is 12.2 Å². The molecule has 0 saturated heterocycles.